The van der Waals surface area contributed by atoms with Crippen LogP contribution in [0.25, 0.3) is 0 Å². The van der Waals surface area contributed by atoms with Gasteiger partial charge in [0.25, 0.3) is 0 Å². The van der Waals surface area contributed by atoms with Gasteiger partial charge in [-0.25, -0.2) is 0 Å². The predicted molar refractivity (Wildman–Crippen MR) is 66.0 cm³/mol. The van der Waals surface area contributed by atoms with E-state index in [0.29, 0.717) is 6.04 Å². The van der Waals surface area contributed by atoms with Crippen molar-refractivity contribution in [3.63, 3.8) is 0 Å². The van der Waals surface area contributed by atoms with E-state index in [1.54, 1.807) is 7.11 Å². The van der Waals surface area contributed by atoms with E-state index < -0.39 is 0 Å². The van der Waals surface area contributed by atoms with Crippen LogP contribution in [-0.4, -0.2) is 13.2 Å². The Morgan fingerprint density at radius 2 is 2.00 bits per heavy atom. The van der Waals surface area contributed by atoms with Crippen LogP contribution >= 0.6 is 11.6 Å². The van der Waals surface area contributed by atoms with Gasteiger partial charge < -0.3 is 10.1 Å². The number of hydrogen-bond donors (Lipinski definition) is 1. The van der Waals surface area contributed by atoms with Crippen LogP contribution in [0.4, 0.5) is 5.69 Å². The smallest absolute Gasteiger partial charge is 0.142 e. The normalized spacial score (nSPS) is 10.5. The number of rotatable bonds is 5. The topological polar surface area (TPSA) is 21.3 Å². The van der Waals surface area contributed by atoms with Crippen molar-refractivity contribution >= 4 is 17.3 Å². The second kappa shape index (κ2) is 5.86. The van der Waals surface area contributed by atoms with Gasteiger partial charge in [-0.2, -0.15) is 0 Å². The van der Waals surface area contributed by atoms with Crippen LogP contribution in [0.5, 0.6) is 5.75 Å². The fraction of sp³-hybridized carbons (Fsp3) is 0.500. The molecule has 2 nitrogen and oxygen atoms in total. The summed E-state index contributed by atoms with van der Waals surface area (Å²) in [5.74, 6) is 0.839. The molecular formula is C12H18ClNO. The molecule has 0 aliphatic heterocycles. The Labute approximate surface area is 96.6 Å². The van der Waals surface area contributed by atoms with Gasteiger partial charge in [-0.3, -0.25) is 0 Å². The van der Waals surface area contributed by atoms with Gasteiger partial charge in [-0.15, -0.1) is 0 Å². The lowest BCUT2D eigenvalue weighted by atomic mass is 10.1. The quantitative estimate of drug-likeness (QED) is 0.823. The molecule has 0 saturated heterocycles. The van der Waals surface area contributed by atoms with Crippen LogP contribution < -0.4 is 10.1 Å². The van der Waals surface area contributed by atoms with Gasteiger partial charge in [0.15, 0.2) is 0 Å². The minimum Gasteiger partial charge on any atom is -0.495 e. The number of methoxy groups -OCH3 is 1. The summed E-state index contributed by atoms with van der Waals surface area (Å²) in [6, 6.07) is 6.09. The molecule has 1 aromatic carbocycles. The van der Waals surface area contributed by atoms with Crippen LogP contribution in [0.15, 0.2) is 18.2 Å². The summed E-state index contributed by atoms with van der Waals surface area (Å²) in [4.78, 5) is 0. The summed E-state index contributed by atoms with van der Waals surface area (Å²) in [5, 5.41) is 4.16. The molecule has 1 aromatic rings. The second-order valence-corrected chi connectivity index (χ2v) is 3.94. The number of benzene rings is 1. The largest absolute Gasteiger partial charge is 0.495 e. The Kier molecular flexibility index (Phi) is 4.76. The fourth-order valence-corrected chi connectivity index (χ4v) is 1.68. The second-order valence-electron chi connectivity index (χ2n) is 3.50. The van der Waals surface area contributed by atoms with Crippen LogP contribution in [-0.2, 0) is 0 Å². The van der Waals surface area contributed by atoms with E-state index in [1.807, 2.05) is 18.2 Å². The Morgan fingerprint density at radius 1 is 1.33 bits per heavy atom. The highest BCUT2D eigenvalue weighted by Gasteiger charge is 2.08. The zero-order valence-corrected chi connectivity index (χ0v) is 10.3. The Balaban J connectivity index is 2.86. The third-order valence-electron chi connectivity index (χ3n) is 2.51. The highest BCUT2D eigenvalue weighted by atomic mass is 35.5. The van der Waals surface area contributed by atoms with Crippen LogP contribution in [0.1, 0.15) is 26.7 Å². The number of halogens is 1. The van der Waals surface area contributed by atoms with Gasteiger partial charge >= 0.3 is 0 Å². The Bertz CT molecular complexity index is 310. The van der Waals surface area contributed by atoms with E-state index >= 15 is 0 Å². The number of hydrogen-bond acceptors (Lipinski definition) is 2. The lowest BCUT2D eigenvalue weighted by Crippen LogP contribution is -2.17. The molecule has 0 fully saturated rings. The summed E-state index contributed by atoms with van der Waals surface area (Å²) in [5.41, 5.74) is 0.971. The monoisotopic (exact) mass is 227 g/mol. The summed E-state index contributed by atoms with van der Waals surface area (Å²) < 4.78 is 5.27. The minimum absolute atomic E-state index is 0.470. The molecule has 0 radical (unpaired) electrons. The van der Waals surface area contributed by atoms with E-state index in [4.69, 9.17) is 16.3 Å². The molecule has 0 amide bonds. The molecule has 0 aliphatic rings. The molecule has 15 heavy (non-hydrogen) atoms. The van der Waals surface area contributed by atoms with Gasteiger partial charge in [-0.05, 0) is 31.0 Å². The van der Waals surface area contributed by atoms with E-state index in [1.165, 1.54) is 0 Å². The molecule has 84 valence electrons. The standard InChI is InChI=1S/C12H18ClNO/c1-4-10(5-2)14-11-8-9(13)6-7-12(11)15-3/h6-8,10,14H,4-5H2,1-3H3. The molecule has 0 atom stereocenters. The lowest BCUT2D eigenvalue weighted by Gasteiger charge is -2.18. The molecule has 0 heterocycles. The van der Waals surface area contributed by atoms with Crippen molar-refractivity contribution in [2.45, 2.75) is 32.7 Å². The SMILES string of the molecule is CCC(CC)Nc1cc(Cl)ccc1OC. The molecular weight excluding hydrogens is 210 g/mol. The molecule has 3 heteroatoms. The first-order valence-electron chi connectivity index (χ1n) is 5.31. The molecule has 0 unspecified atom stereocenters. The van der Waals surface area contributed by atoms with Gasteiger partial charge in [0, 0.05) is 11.1 Å². The number of anilines is 1. The predicted octanol–water partition coefficient (Wildman–Crippen LogP) is 3.95. The fourth-order valence-electron chi connectivity index (χ4n) is 1.51. The summed E-state index contributed by atoms with van der Waals surface area (Å²) >= 11 is 5.95. The first-order valence-corrected chi connectivity index (χ1v) is 5.69. The average Bonchev–Trinajstić information content (AvgIpc) is 2.26. The van der Waals surface area contributed by atoms with Crippen molar-refractivity contribution in [3.8, 4) is 5.75 Å². The minimum atomic E-state index is 0.470. The molecule has 0 saturated carbocycles. The number of ether oxygens (including phenoxy) is 1. The van der Waals surface area contributed by atoms with E-state index in [0.717, 1.165) is 29.3 Å². The van der Waals surface area contributed by atoms with Crippen molar-refractivity contribution in [3.05, 3.63) is 23.2 Å². The summed E-state index contributed by atoms with van der Waals surface area (Å²) in [6.45, 7) is 4.33. The van der Waals surface area contributed by atoms with Crippen LogP contribution in [0, 0.1) is 0 Å². The van der Waals surface area contributed by atoms with Gasteiger partial charge in [0.1, 0.15) is 5.75 Å². The molecule has 0 bridgehead atoms. The lowest BCUT2D eigenvalue weighted by molar-refractivity contribution is 0.415. The first-order chi connectivity index (χ1) is 7.21. The highest BCUT2D eigenvalue weighted by molar-refractivity contribution is 6.30. The summed E-state index contributed by atoms with van der Waals surface area (Å²) in [7, 11) is 1.67. The van der Waals surface area contributed by atoms with E-state index in [2.05, 4.69) is 19.2 Å². The van der Waals surface area contributed by atoms with Gasteiger partial charge in [0.2, 0.25) is 0 Å². The van der Waals surface area contributed by atoms with Crippen LogP contribution in [0.3, 0.4) is 0 Å². The third-order valence-corrected chi connectivity index (χ3v) is 2.74. The van der Waals surface area contributed by atoms with Crippen molar-refractivity contribution in [2.24, 2.45) is 0 Å². The highest BCUT2D eigenvalue weighted by Crippen LogP contribution is 2.28. The Morgan fingerprint density at radius 3 is 2.53 bits per heavy atom. The zero-order valence-electron chi connectivity index (χ0n) is 9.51. The molecule has 0 aromatic heterocycles. The third kappa shape index (κ3) is 3.31. The molecule has 1 N–H and O–H groups in total. The van der Waals surface area contributed by atoms with Crippen molar-refractivity contribution in [2.75, 3.05) is 12.4 Å². The first kappa shape index (κ1) is 12.2. The summed E-state index contributed by atoms with van der Waals surface area (Å²) in [6.07, 6.45) is 2.18. The number of nitrogens with one attached hydrogen (secondary N) is 1. The zero-order chi connectivity index (χ0) is 11.3. The van der Waals surface area contributed by atoms with E-state index in [-0.39, 0.29) is 0 Å². The maximum atomic E-state index is 5.95. The maximum Gasteiger partial charge on any atom is 0.142 e. The average molecular weight is 228 g/mol. The molecule has 0 spiro atoms. The molecule has 1 rings (SSSR count). The molecule has 0 aliphatic carbocycles. The maximum absolute atomic E-state index is 5.95. The van der Waals surface area contributed by atoms with Crippen molar-refractivity contribution in [1.29, 1.82) is 0 Å². The van der Waals surface area contributed by atoms with Gasteiger partial charge in [-0.1, -0.05) is 25.4 Å². The van der Waals surface area contributed by atoms with Crippen LogP contribution in [0.2, 0.25) is 5.02 Å². The van der Waals surface area contributed by atoms with Crippen molar-refractivity contribution < 1.29 is 4.74 Å². The van der Waals surface area contributed by atoms with E-state index in [9.17, 15) is 0 Å². The van der Waals surface area contributed by atoms with Gasteiger partial charge in [0.05, 0.1) is 12.8 Å². The Hall–Kier alpha value is -0.890. The van der Waals surface area contributed by atoms with Crippen molar-refractivity contribution in [1.82, 2.24) is 0 Å².